The molecule has 3 nitrogen and oxygen atoms in total. The van der Waals surface area contributed by atoms with Crippen molar-refractivity contribution in [1.82, 2.24) is 9.97 Å². The molecule has 1 aliphatic carbocycles. The van der Waals surface area contributed by atoms with Crippen molar-refractivity contribution in [2.24, 2.45) is 11.8 Å². The first-order valence-corrected chi connectivity index (χ1v) is 7.24. The van der Waals surface area contributed by atoms with Gasteiger partial charge in [-0.1, -0.05) is 13.8 Å². The Balaban J connectivity index is 2.36. The van der Waals surface area contributed by atoms with Crippen LogP contribution in [0.25, 0.3) is 5.57 Å². The predicted octanol–water partition coefficient (Wildman–Crippen LogP) is 4.30. The highest BCUT2D eigenvalue weighted by atomic mass is 35.5. The number of nitrogens with zero attached hydrogens (tertiary/aromatic N) is 2. The Labute approximate surface area is 131 Å². The van der Waals surface area contributed by atoms with Crippen LogP contribution < -0.4 is 0 Å². The third-order valence-electron chi connectivity index (χ3n) is 3.38. The molecule has 120 valence electrons. The maximum absolute atomic E-state index is 13.9. The minimum absolute atomic E-state index is 0.0343. The number of rotatable bonds is 5. The second kappa shape index (κ2) is 7.24. The van der Waals surface area contributed by atoms with Crippen molar-refractivity contribution in [2.75, 3.05) is 6.61 Å². The number of hydrogen-bond acceptors (Lipinski definition) is 3. The van der Waals surface area contributed by atoms with E-state index >= 15 is 0 Å². The Hall–Kier alpha value is -1.40. The summed E-state index contributed by atoms with van der Waals surface area (Å²) in [5.74, 6) is -0.808. The Kier molecular flexibility index (Phi) is 5.58. The fourth-order valence-electron chi connectivity index (χ4n) is 2.54. The van der Waals surface area contributed by atoms with Crippen LogP contribution in [-0.4, -0.2) is 29.1 Å². The number of alkyl halides is 2. The molecule has 0 spiro atoms. The van der Waals surface area contributed by atoms with Gasteiger partial charge in [-0.3, -0.25) is 0 Å². The molecule has 0 radical (unpaired) electrons. The van der Waals surface area contributed by atoms with E-state index in [1.807, 2.05) is 13.8 Å². The summed E-state index contributed by atoms with van der Waals surface area (Å²) in [5, 5.41) is 0.0425. The number of allylic oxidation sites excluding steroid dienone is 2. The molecule has 1 aliphatic rings. The van der Waals surface area contributed by atoms with Crippen LogP contribution in [0.4, 0.5) is 13.2 Å². The van der Waals surface area contributed by atoms with E-state index in [0.717, 1.165) is 0 Å². The van der Waals surface area contributed by atoms with E-state index in [2.05, 4.69) is 9.97 Å². The highest BCUT2D eigenvalue weighted by Crippen LogP contribution is 2.38. The van der Waals surface area contributed by atoms with Crippen LogP contribution in [0.1, 0.15) is 19.5 Å². The minimum Gasteiger partial charge on any atom is -0.367 e. The summed E-state index contributed by atoms with van der Waals surface area (Å²) in [7, 11) is 0. The Bertz CT molecular complexity index is 590. The van der Waals surface area contributed by atoms with Crippen molar-refractivity contribution in [3.8, 4) is 0 Å². The van der Waals surface area contributed by atoms with Gasteiger partial charge in [0.05, 0.1) is 11.8 Å². The van der Waals surface area contributed by atoms with E-state index in [0.29, 0.717) is 11.3 Å². The number of aromatic nitrogens is 2. The molecule has 0 aromatic carbocycles. The van der Waals surface area contributed by atoms with E-state index in [1.165, 1.54) is 18.3 Å². The van der Waals surface area contributed by atoms with E-state index in [4.69, 9.17) is 16.3 Å². The molecule has 1 aromatic heterocycles. The lowest BCUT2D eigenvalue weighted by atomic mass is 9.79. The van der Waals surface area contributed by atoms with E-state index < -0.39 is 25.0 Å². The molecule has 22 heavy (non-hydrogen) atoms. The zero-order valence-corrected chi connectivity index (χ0v) is 12.9. The van der Waals surface area contributed by atoms with Crippen molar-refractivity contribution >= 4 is 17.2 Å². The van der Waals surface area contributed by atoms with Gasteiger partial charge in [0.25, 0.3) is 6.43 Å². The van der Waals surface area contributed by atoms with Gasteiger partial charge in [-0.15, -0.1) is 0 Å². The SMILES string of the molecule is CC(C)C1C(c2ccnc(Cl)n2)=CC(F)=CC1OCC(F)F. The molecule has 2 atom stereocenters. The summed E-state index contributed by atoms with van der Waals surface area (Å²) in [6.07, 6.45) is 0.647. The van der Waals surface area contributed by atoms with Gasteiger partial charge in [0.2, 0.25) is 5.28 Å². The molecule has 7 heteroatoms. The first-order chi connectivity index (χ1) is 10.4. The average molecular weight is 333 g/mol. The molecule has 0 N–H and O–H groups in total. The standard InChI is InChI=1S/C15H16ClF3N2O/c1-8(2)14-10(11-3-4-20-15(16)21-11)5-9(17)6-12(14)22-7-13(18)19/h3-6,8,12-14H,7H2,1-2H3. The van der Waals surface area contributed by atoms with Crippen LogP contribution in [0, 0.1) is 11.8 Å². The first-order valence-electron chi connectivity index (χ1n) is 6.86. The van der Waals surface area contributed by atoms with Gasteiger partial charge in [-0.25, -0.2) is 23.1 Å². The topological polar surface area (TPSA) is 35.0 Å². The summed E-state index contributed by atoms with van der Waals surface area (Å²) >= 11 is 5.78. The van der Waals surface area contributed by atoms with Crippen molar-refractivity contribution in [3.05, 3.63) is 41.2 Å². The molecular weight excluding hydrogens is 317 g/mol. The lowest BCUT2D eigenvalue weighted by Gasteiger charge is -2.32. The third-order valence-corrected chi connectivity index (χ3v) is 3.57. The van der Waals surface area contributed by atoms with E-state index in [-0.39, 0.29) is 17.1 Å². The van der Waals surface area contributed by atoms with Gasteiger partial charge in [0.15, 0.2) is 0 Å². The molecule has 0 saturated heterocycles. The zero-order valence-electron chi connectivity index (χ0n) is 12.1. The van der Waals surface area contributed by atoms with E-state index in [1.54, 1.807) is 6.07 Å². The molecule has 2 unspecified atom stereocenters. The molecule has 0 saturated carbocycles. The monoisotopic (exact) mass is 332 g/mol. The summed E-state index contributed by atoms with van der Waals surface area (Å²) < 4.78 is 43.9. The first kappa shape index (κ1) is 17.0. The Morgan fingerprint density at radius 2 is 2.09 bits per heavy atom. The molecule has 1 aromatic rings. The largest absolute Gasteiger partial charge is 0.367 e. The summed E-state index contributed by atoms with van der Waals surface area (Å²) in [4.78, 5) is 7.87. The van der Waals surface area contributed by atoms with Crippen LogP contribution in [0.3, 0.4) is 0 Å². The van der Waals surface area contributed by atoms with Gasteiger partial charge in [-0.2, -0.15) is 0 Å². The number of hydrogen-bond donors (Lipinski definition) is 0. The van der Waals surface area contributed by atoms with Crippen molar-refractivity contribution < 1.29 is 17.9 Å². The van der Waals surface area contributed by atoms with E-state index in [9.17, 15) is 13.2 Å². The van der Waals surface area contributed by atoms with Gasteiger partial charge < -0.3 is 4.74 Å². The Morgan fingerprint density at radius 1 is 1.36 bits per heavy atom. The minimum atomic E-state index is -2.60. The summed E-state index contributed by atoms with van der Waals surface area (Å²) in [6, 6.07) is 1.61. The summed E-state index contributed by atoms with van der Waals surface area (Å²) in [5.41, 5.74) is 1.03. The second-order valence-corrected chi connectivity index (χ2v) is 5.66. The van der Waals surface area contributed by atoms with Crippen LogP contribution in [-0.2, 0) is 4.74 Å². The smallest absolute Gasteiger partial charge is 0.261 e. The molecule has 0 aliphatic heterocycles. The third kappa shape index (κ3) is 4.08. The van der Waals surface area contributed by atoms with Crippen LogP contribution in [0.15, 0.2) is 30.2 Å². The van der Waals surface area contributed by atoms with Gasteiger partial charge in [0, 0.05) is 12.1 Å². The lowest BCUT2D eigenvalue weighted by molar-refractivity contribution is -0.0256. The molecule has 0 amide bonds. The van der Waals surface area contributed by atoms with Gasteiger partial charge in [-0.05, 0) is 41.3 Å². The average Bonchev–Trinajstić information content (AvgIpc) is 2.44. The van der Waals surface area contributed by atoms with Gasteiger partial charge >= 0.3 is 0 Å². The molecule has 1 heterocycles. The summed E-state index contributed by atoms with van der Waals surface area (Å²) in [6.45, 7) is 3.09. The maximum Gasteiger partial charge on any atom is 0.261 e. The second-order valence-electron chi connectivity index (χ2n) is 5.32. The van der Waals surface area contributed by atoms with Gasteiger partial charge in [0.1, 0.15) is 12.4 Å². The quantitative estimate of drug-likeness (QED) is 0.754. The van der Waals surface area contributed by atoms with Crippen molar-refractivity contribution in [2.45, 2.75) is 26.4 Å². The normalized spacial score (nSPS) is 22.0. The highest BCUT2D eigenvalue weighted by Gasteiger charge is 2.33. The lowest BCUT2D eigenvalue weighted by Crippen LogP contribution is -2.31. The number of halogens is 4. The fraction of sp³-hybridized carbons (Fsp3) is 0.467. The van der Waals surface area contributed by atoms with Crippen LogP contribution >= 0.6 is 11.6 Å². The number of ether oxygens (including phenoxy) is 1. The molecule has 2 rings (SSSR count). The fourth-order valence-corrected chi connectivity index (χ4v) is 2.69. The molecular formula is C15H16ClF3N2O. The van der Waals surface area contributed by atoms with Crippen molar-refractivity contribution in [3.63, 3.8) is 0 Å². The molecule has 0 fully saturated rings. The van der Waals surface area contributed by atoms with Crippen LogP contribution in [0.5, 0.6) is 0 Å². The highest BCUT2D eigenvalue weighted by molar-refractivity contribution is 6.28. The Morgan fingerprint density at radius 3 is 2.68 bits per heavy atom. The van der Waals surface area contributed by atoms with Crippen molar-refractivity contribution in [1.29, 1.82) is 0 Å². The maximum atomic E-state index is 13.9. The zero-order chi connectivity index (χ0) is 16.3. The predicted molar refractivity (Wildman–Crippen MR) is 78.3 cm³/mol. The van der Waals surface area contributed by atoms with Crippen LogP contribution in [0.2, 0.25) is 5.28 Å². The molecule has 0 bridgehead atoms.